The Hall–Kier alpha value is -1.36. The number of nitrogens with zero attached hydrogens (tertiary/aromatic N) is 3. The molecular formula is C18H28N4O. The Labute approximate surface area is 138 Å². The van der Waals surface area contributed by atoms with Crippen molar-refractivity contribution in [1.29, 1.82) is 0 Å². The summed E-state index contributed by atoms with van der Waals surface area (Å²) in [5, 5.41) is 3.78. The topological polar surface area (TPSA) is 50.3 Å². The maximum Gasteiger partial charge on any atom is 0.227 e. The zero-order valence-corrected chi connectivity index (χ0v) is 14.0. The highest BCUT2D eigenvalue weighted by molar-refractivity contribution is 5.42. The molecule has 0 radical (unpaired) electrons. The molecule has 2 heterocycles. The van der Waals surface area contributed by atoms with Gasteiger partial charge < -0.3 is 15.0 Å². The second kappa shape index (κ2) is 6.63. The summed E-state index contributed by atoms with van der Waals surface area (Å²) in [5.74, 6) is 1.84. The first-order chi connectivity index (χ1) is 11.4. The lowest BCUT2D eigenvalue weighted by atomic mass is 9.69. The average Bonchev–Trinajstić information content (AvgIpc) is 3.07. The Morgan fingerprint density at radius 3 is 2.61 bits per heavy atom. The van der Waals surface area contributed by atoms with E-state index in [2.05, 4.69) is 15.2 Å². The summed E-state index contributed by atoms with van der Waals surface area (Å²) >= 11 is 0. The summed E-state index contributed by atoms with van der Waals surface area (Å²) in [5.41, 5.74) is 0.530. The molecule has 0 aromatic carbocycles. The predicted octanol–water partition coefficient (Wildman–Crippen LogP) is 3.23. The number of nitrogens with one attached hydrogen (secondary N) is 1. The fraction of sp³-hybridized carbons (Fsp3) is 0.778. The molecule has 1 aromatic rings. The SMILES string of the molecule is c1cc(NC2CCCCC23CCCC3)nc(N2CCOCC2)n1. The zero-order chi connectivity index (χ0) is 15.5. The minimum Gasteiger partial charge on any atom is -0.378 e. The van der Waals surface area contributed by atoms with E-state index < -0.39 is 0 Å². The fourth-order valence-electron chi connectivity index (χ4n) is 4.73. The Bertz CT molecular complexity index is 524. The Kier molecular flexibility index (Phi) is 4.38. The van der Waals surface area contributed by atoms with Crippen LogP contribution in [0, 0.1) is 5.41 Å². The molecule has 1 aromatic heterocycles. The van der Waals surface area contributed by atoms with Crippen LogP contribution in [-0.4, -0.2) is 42.3 Å². The molecule has 0 amide bonds. The van der Waals surface area contributed by atoms with Crippen molar-refractivity contribution >= 4 is 11.8 Å². The molecule has 1 aliphatic heterocycles. The van der Waals surface area contributed by atoms with Crippen LogP contribution in [0.25, 0.3) is 0 Å². The van der Waals surface area contributed by atoms with Crippen molar-refractivity contribution < 1.29 is 4.74 Å². The lowest BCUT2D eigenvalue weighted by Crippen LogP contribution is -2.42. The van der Waals surface area contributed by atoms with Gasteiger partial charge in [-0.1, -0.05) is 25.7 Å². The number of hydrogen-bond donors (Lipinski definition) is 1. The van der Waals surface area contributed by atoms with Gasteiger partial charge in [-0.05, 0) is 37.2 Å². The van der Waals surface area contributed by atoms with Gasteiger partial charge in [0.2, 0.25) is 5.95 Å². The first-order valence-electron chi connectivity index (χ1n) is 9.28. The van der Waals surface area contributed by atoms with Crippen molar-refractivity contribution in [1.82, 2.24) is 9.97 Å². The quantitative estimate of drug-likeness (QED) is 0.928. The highest BCUT2D eigenvalue weighted by atomic mass is 16.5. The van der Waals surface area contributed by atoms with Crippen LogP contribution < -0.4 is 10.2 Å². The monoisotopic (exact) mass is 316 g/mol. The van der Waals surface area contributed by atoms with Gasteiger partial charge in [-0.3, -0.25) is 0 Å². The highest BCUT2D eigenvalue weighted by Crippen LogP contribution is 2.49. The Balaban J connectivity index is 1.49. The first kappa shape index (κ1) is 15.2. The molecule has 0 bridgehead atoms. The highest BCUT2D eigenvalue weighted by Gasteiger charge is 2.42. The molecular weight excluding hydrogens is 288 g/mol. The maximum absolute atomic E-state index is 5.42. The smallest absolute Gasteiger partial charge is 0.227 e. The molecule has 126 valence electrons. The third kappa shape index (κ3) is 3.16. The van der Waals surface area contributed by atoms with E-state index >= 15 is 0 Å². The zero-order valence-electron chi connectivity index (χ0n) is 14.0. The Morgan fingerprint density at radius 1 is 1.09 bits per heavy atom. The summed E-state index contributed by atoms with van der Waals surface area (Å²) in [6, 6.07) is 2.62. The number of ether oxygens (including phenoxy) is 1. The van der Waals surface area contributed by atoms with Crippen LogP contribution in [-0.2, 0) is 4.74 Å². The number of morpholine rings is 1. The average molecular weight is 316 g/mol. The van der Waals surface area contributed by atoms with E-state index in [1.165, 1.54) is 51.4 Å². The molecule has 2 aliphatic carbocycles. The molecule has 1 saturated heterocycles. The molecule has 2 saturated carbocycles. The van der Waals surface area contributed by atoms with E-state index in [-0.39, 0.29) is 0 Å². The van der Waals surface area contributed by atoms with Gasteiger partial charge in [0.15, 0.2) is 0 Å². The number of hydrogen-bond acceptors (Lipinski definition) is 5. The van der Waals surface area contributed by atoms with Crippen molar-refractivity contribution in [2.24, 2.45) is 5.41 Å². The van der Waals surface area contributed by atoms with E-state index in [0.717, 1.165) is 38.1 Å². The van der Waals surface area contributed by atoms with E-state index in [0.29, 0.717) is 11.5 Å². The Morgan fingerprint density at radius 2 is 1.83 bits per heavy atom. The van der Waals surface area contributed by atoms with E-state index in [1.807, 2.05) is 12.3 Å². The molecule has 3 fully saturated rings. The molecule has 1 unspecified atom stereocenters. The van der Waals surface area contributed by atoms with Crippen molar-refractivity contribution in [3.05, 3.63) is 12.3 Å². The van der Waals surface area contributed by atoms with Crippen molar-refractivity contribution in [2.45, 2.75) is 57.4 Å². The first-order valence-corrected chi connectivity index (χ1v) is 9.28. The van der Waals surface area contributed by atoms with Gasteiger partial charge in [-0.2, -0.15) is 4.98 Å². The largest absolute Gasteiger partial charge is 0.378 e. The minimum atomic E-state index is 0.530. The molecule has 1 N–H and O–H groups in total. The van der Waals surface area contributed by atoms with Crippen LogP contribution in [0.2, 0.25) is 0 Å². The normalized spacial score (nSPS) is 27.3. The number of anilines is 2. The van der Waals surface area contributed by atoms with Crippen LogP contribution in [0.3, 0.4) is 0 Å². The van der Waals surface area contributed by atoms with E-state index in [9.17, 15) is 0 Å². The van der Waals surface area contributed by atoms with Crippen molar-refractivity contribution in [3.8, 4) is 0 Å². The second-order valence-electron chi connectivity index (χ2n) is 7.35. The van der Waals surface area contributed by atoms with Crippen molar-refractivity contribution in [2.75, 3.05) is 36.5 Å². The molecule has 3 aliphatic rings. The molecule has 1 atom stereocenters. The van der Waals surface area contributed by atoms with Crippen molar-refractivity contribution in [3.63, 3.8) is 0 Å². The van der Waals surface area contributed by atoms with Crippen LogP contribution in [0.15, 0.2) is 12.3 Å². The predicted molar refractivity (Wildman–Crippen MR) is 91.8 cm³/mol. The molecule has 5 nitrogen and oxygen atoms in total. The number of rotatable bonds is 3. The minimum absolute atomic E-state index is 0.530. The fourth-order valence-corrected chi connectivity index (χ4v) is 4.73. The third-order valence-electron chi connectivity index (χ3n) is 6.01. The van der Waals surface area contributed by atoms with E-state index in [4.69, 9.17) is 9.72 Å². The van der Waals surface area contributed by atoms with Gasteiger partial charge in [0.1, 0.15) is 5.82 Å². The van der Waals surface area contributed by atoms with Crippen LogP contribution >= 0.6 is 0 Å². The van der Waals surface area contributed by atoms with Gasteiger partial charge >= 0.3 is 0 Å². The van der Waals surface area contributed by atoms with Gasteiger partial charge in [-0.25, -0.2) is 4.98 Å². The maximum atomic E-state index is 5.42. The molecule has 1 spiro atoms. The standard InChI is InChI=1S/C18H28N4O/c1-2-7-18(8-3-4-9-18)15(5-1)20-16-6-10-19-17(21-16)22-11-13-23-14-12-22/h6,10,15H,1-5,7-9,11-14H2,(H,19,20,21). The van der Waals surface area contributed by atoms with Gasteiger partial charge in [-0.15, -0.1) is 0 Å². The van der Waals surface area contributed by atoms with Crippen LogP contribution in [0.4, 0.5) is 11.8 Å². The summed E-state index contributed by atoms with van der Waals surface area (Å²) < 4.78 is 5.42. The molecule has 5 heteroatoms. The van der Waals surface area contributed by atoms with E-state index in [1.54, 1.807) is 0 Å². The molecule has 4 rings (SSSR count). The van der Waals surface area contributed by atoms with Crippen LogP contribution in [0.5, 0.6) is 0 Å². The van der Waals surface area contributed by atoms with Gasteiger partial charge in [0, 0.05) is 25.3 Å². The lowest BCUT2D eigenvalue weighted by Gasteiger charge is -2.42. The summed E-state index contributed by atoms with van der Waals surface area (Å²) in [4.78, 5) is 11.5. The third-order valence-corrected chi connectivity index (χ3v) is 6.01. The molecule has 23 heavy (non-hydrogen) atoms. The number of aromatic nitrogens is 2. The summed E-state index contributed by atoms with van der Waals surface area (Å²) in [7, 11) is 0. The summed E-state index contributed by atoms with van der Waals surface area (Å²) in [6.07, 6.45) is 12.9. The van der Waals surface area contributed by atoms with Crippen LogP contribution in [0.1, 0.15) is 51.4 Å². The van der Waals surface area contributed by atoms with Gasteiger partial charge in [0.05, 0.1) is 13.2 Å². The van der Waals surface area contributed by atoms with Gasteiger partial charge in [0.25, 0.3) is 0 Å². The second-order valence-corrected chi connectivity index (χ2v) is 7.35. The summed E-state index contributed by atoms with van der Waals surface area (Å²) in [6.45, 7) is 3.31. The lowest BCUT2D eigenvalue weighted by molar-refractivity contribution is 0.122.